The molecule has 1 saturated heterocycles. The van der Waals surface area contributed by atoms with E-state index in [1.807, 2.05) is 6.92 Å². The van der Waals surface area contributed by atoms with Gasteiger partial charge in [-0.3, -0.25) is 9.59 Å². The van der Waals surface area contributed by atoms with Crippen LogP contribution in [0.15, 0.2) is 24.3 Å². The monoisotopic (exact) mass is 297 g/mol. The first-order valence-corrected chi connectivity index (χ1v) is 6.43. The van der Waals surface area contributed by atoms with Crippen molar-refractivity contribution in [2.45, 2.75) is 19.4 Å². The number of hydrogen-bond donors (Lipinski definition) is 2. The summed E-state index contributed by atoms with van der Waals surface area (Å²) in [5.41, 5.74) is 11.9. The van der Waals surface area contributed by atoms with Crippen molar-refractivity contribution in [3.05, 3.63) is 35.4 Å². The van der Waals surface area contributed by atoms with Crippen LogP contribution in [0.1, 0.15) is 34.1 Å². The average Bonchev–Trinajstić information content (AvgIpc) is 2.87. The molecule has 1 fully saturated rings. The van der Waals surface area contributed by atoms with Crippen LogP contribution in [0.2, 0.25) is 0 Å². The van der Waals surface area contributed by atoms with E-state index in [1.54, 1.807) is 29.2 Å². The van der Waals surface area contributed by atoms with Gasteiger partial charge in [-0.2, -0.15) is 0 Å². The quantitative estimate of drug-likeness (QED) is 0.873. The summed E-state index contributed by atoms with van der Waals surface area (Å²) < 4.78 is 0. The Labute approximate surface area is 124 Å². The predicted octanol–water partition coefficient (Wildman–Crippen LogP) is 1.02. The van der Waals surface area contributed by atoms with Crippen LogP contribution < -0.4 is 11.5 Å². The van der Waals surface area contributed by atoms with E-state index in [4.69, 9.17) is 11.5 Å². The smallest absolute Gasteiger partial charge is 0.253 e. The van der Waals surface area contributed by atoms with Gasteiger partial charge >= 0.3 is 0 Å². The van der Waals surface area contributed by atoms with Gasteiger partial charge in [0.05, 0.1) is 0 Å². The molecule has 0 aromatic heterocycles. The fourth-order valence-electron chi connectivity index (χ4n) is 2.39. The summed E-state index contributed by atoms with van der Waals surface area (Å²) in [7, 11) is 0. The minimum Gasteiger partial charge on any atom is -0.366 e. The zero-order valence-corrected chi connectivity index (χ0v) is 12.2. The first-order valence-electron chi connectivity index (χ1n) is 6.43. The molecule has 5 nitrogen and oxygen atoms in total. The van der Waals surface area contributed by atoms with Crippen LogP contribution >= 0.6 is 12.4 Å². The fourth-order valence-corrected chi connectivity index (χ4v) is 2.39. The van der Waals surface area contributed by atoms with Crippen molar-refractivity contribution in [2.75, 3.05) is 13.1 Å². The number of nitrogens with two attached hydrogens (primary N) is 2. The highest BCUT2D eigenvalue weighted by Crippen LogP contribution is 2.21. The summed E-state index contributed by atoms with van der Waals surface area (Å²) in [6.07, 6.45) is 0.929. The maximum absolute atomic E-state index is 12.3. The maximum Gasteiger partial charge on any atom is 0.253 e. The summed E-state index contributed by atoms with van der Waals surface area (Å²) in [6.45, 7) is 3.36. The van der Waals surface area contributed by atoms with Gasteiger partial charge in [0.15, 0.2) is 0 Å². The maximum atomic E-state index is 12.3. The van der Waals surface area contributed by atoms with Gasteiger partial charge in [0.2, 0.25) is 5.91 Å². The summed E-state index contributed by atoms with van der Waals surface area (Å²) in [6, 6.07) is 6.62. The van der Waals surface area contributed by atoms with Crippen molar-refractivity contribution in [2.24, 2.45) is 17.4 Å². The third kappa shape index (κ3) is 3.49. The van der Waals surface area contributed by atoms with Crippen molar-refractivity contribution >= 4 is 24.2 Å². The van der Waals surface area contributed by atoms with E-state index in [9.17, 15) is 9.59 Å². The Kier molecular flexibility index (Phi) is 5.53. The Morgan fingerprint density at radius 1 is 1.35 bits per heavy atom. The van der Waals surface area contributed by atoms with Crippen molar-refractivity contribution in [1.82, 2.24) is 4.90 Å². The van der Waals surface area contributed by atoms with Gasteiger partial charge in [0.1, 0.15) is 0 Å². The second-order valence-corrected chi connectivity index (χ2v) is 5.10. The van der Waals surface area contributed by atoms with Crippen LogP contribution in [0.3, 0.4) is 0 Å². The minimum atomic E-state index is -0.524. The van der Waals surface area contributed by atoms with Crippen LogP contribution in [0.25, 0.3) is 0 Å². The largest absolute Gasteiger partial charge is 0.366 e. The van der Waals surface area contributed by atoms with Crippen LogP contribution in [-0.2, 0) is 0 Å². The predicted molar refractivity (Wildman–Crippen MR) is 79.9 cm³/mol. The molecular weight excluding hydrogens is 278 g/mol. The van der Waals surface area contributed by atoms with Crippen molar-refractivity contribution in [3.8, 4) is 0 Å². The number of likely N-dealkylation sites (tertiary alicyclic amines) is 1. The number of carbonyl (C=O) groups excluding carboxylic acids is 2. The third-order valence-corrected chi connectivity index (χ3v) is 3.65. The molecule has 0 spiro atoms. The van der Waals surface area contributed by atoms with Gasteiger partial charge in [-0.25, -0.2) is 0 Å². The second kappa shape index (κ2) is 6.72. The lowest BCUT2D eigenvalue weighted by Gasteiger charge is -2.18. The molecule has 1 aromatic carbocycles. The minimum absolute atomic E-state index is 0. The number of rotatable bonds is 3. The van der Waals surface area contributed by atoms with Gasteiger partial charge in [-0.1, -0.05) is 6.07 Å². The second-order valence-electron chi connectivity index (χ2n) is 5.10. The number of hydrogen-bond acceptors (Lipinski definition) is 3. The SMILES string of the molecule is CC(N)C1CCN(C(=O)c2cccc(C(N)=O)c2)C1.Cl. The van der Waals surface area contributed by atoms with Gasteiger partial charge in [0.25, 0.3) is 5.91 Å². The third-order valence-electron chi connectivity index (χ3n) is 3.65. The molecule has 6 heteroatoms. The number of nitrogens with zero attached hydrogens (tertiary/aromatic N) is 1. The van der Waals surface area contributed by atoms with E-state index in [1.165, 1.54) is 0 Å². The number of halogens is 1. The van der Waals surface area contributed by atoms with Crippen LogP contribution in [-0.4, -0.2) is 35.8 Å². The number of amides is 2. The van der Waals surface area contributed by atoms with Crippen LogP contribution in [0, 0.1) is 5.92 Å². The van der Waals surface area contributed by atoms with E-state index in [-0.39, 0.29) is 24.4 Å². The molecule has 4 N–H and O–H groups in total. The molecule has 1 aromatic rings. The Balaban J connectivity index is 0.00000200. The lowest BCUT2D eigenvalue weighted by Crippen LogP contribution is -2.33. The molecule has 20 heavy (non-hydrogen) atoms. The van der Waals surface area contributed by atoms with E-state index >= 15 is 0 Å². The first kappa shape index (κ1) is 16.5. The van der Waals surface area contributed by atoms with Gasteiger partial charge < -0.3 is 16.4 Å². The molecule has 110 valence electrons. The Hall–Kier alpha value is -1.59. The molecule has 1 heterocycles. The summed E-state index contributed by atoms with van der Waals surface area (Å²) in [4.78, 5) is 25.2. The molecule has 0 bridgehead atoms. The summed E-state index contributed by atoms with van der Waals surface area (Å²) >= 11 is 0. The van der Waals surface area contributed by atoms with Gasteiger partial charge in [-0.05, 0) is 37.5 Å². The first-order chi connectivity index (χ1) is 8.99. The molecule has 1 aliphatic heterocycles. The Bertz CT molecular complexity index is 505. The molecule has 2 rings (SSSR count). The molecule has 0 aliphatic carbocycles. The van der Waals surface area contributed by atoms with E-state index in [2.05, 4.69) is 0 Å². The van der Waals surface area contributed by atoms with Crippen molar-refractivity contribution in [3.63, 3.8) is 0 Å². The topological polar surface area (TPSA) is 89.4 Å². The highest BCUT2D eigenvalue weighted by molar-refractivity contribution is 5.99. The Morgan fingerprint density at radius 3 is 2.55 bits per heavy atom. The summed E-state index contributed by atoms with van der Waals surface area (Å²) in [5, 5.41) is 0. The lowest BCUT2D eigenvalue weighted by molar-refractivity contribution is 0.0786. The fraction of sp³-hybridized carbons (Fsp3) is 0.429. The summed E-state index contributed by atoms with van der Waals surface area (Å²) in [5.74, 6) is -0.237. The Morgan fingerprint density at radius 2 is 2.00 bits per heavy atom. The molecule has 0 radical (unpaired) electrons. The van der Waals surface area contributed by atoms with Gasteiger partial charge in [0, 0.05) is 30.3 Å². The van der Waals surface area contributed by atoms with Gasteiger partial charge in [-0.15, -0.1) is 12.4 Å². The number of primary amides is 1. The standard InChI is InChI=1S/C14H19N3O2.ClH/c1-9(15)12-5-6-17(8-12)14(19)11-4-2-3-10(7-11)13(16)18;/h2-4,7,9,12H,5-6,8,15H2,1H3,(H2,16,18);1H. The zero-order chi connectivity index (χ0) is 14.0. The zero-order valence-electron chi connectivity index (χ0n) is 11.4. The molecule has 0 saturated carbocycles. The highest BCUT2D eigenvalue weighted by atomic mass is 35.5. The molecule has 1 aliphatic rings. The molecular formula is C14H20ClN3O2. The average molecular weight is 298 g/mol. The van der Waals surface area contributed by atoms with Crippen molar-refractivity contribution in [1.29, 1.82) is 0 Å². The van der Waals surface area contributed by atoms with E-state index < -0.39 is 5.91 Å². The highest BCUT2D eigenvalue weighted by Gasteiger charge is 2.29. The normalized spacial score (nSPS) is 19.3. The number of carbonyl (C=O) groups is 2. The molecule has 2 amide bonds. The van der Waals surface area contributed by atoms with Crippen LogP contribution in [0.4, 0.5) is 0 Å². The van der Waals surface area contributed by atoms with Crippen LogP contribution in [0.5, 0.6) is 0 Å². The lowest BCUT2D eigenvalue weighted by atomic mass is 10.0. The number of benzene rings is 1. The van der Waals surface area contributed by atoms with Crippen molar-refractivity contribution < 1.29 is 9.59 Å². The molecule has 2 unspecified atom stereocenters. The molecule has 2 atom stereocenters. The van der Waals surface area contributed by atoms with E-state index in [0.29, 0.717) is 30.1 Å². The van der Waals surface area contributed by atoms with E-state index in [0.717, 1.165) is 6.42 Å².